The van der Waals surface area contributed by atoms with Crippen molar-refractivity contribution in [3.8, 4) is 0 Å². The maximum atomic E-state index is 14.0. The summed E-state index contributed by atoms with van der Waals surface area (Å²) in [5, 5.41) is 2.35. The van der Waals surface area contributed by atoms with Gasteiger partial charge < -0.3 is 5.73 Å². The fourth-order valence-corrected chi connectivity index (χ4v) is 2.86. The number of hydrogen-bond donors (Lipinski definition) is 1. The van der Waals surface area contributed by atoms with E-state index in [-0.39, 0.29) is 5.82 Å². The summed E-state index contributed by atoms with van der Waals surface area (Å²) in [6, 6.07) is 21.1. The standard InChI is InChI=1S/C19H18FN/c1-19(21,17-11-4-5-12-18(17)20)13-15-9-6-8-14-7-2-3-10-16(14)15/h2-12H,13,21H2,1H3. The van der Waals surface area contributed by atoms with E-state index in [1.807, 2.05) is 31.2 Å². The molecule has 0 amide bonds. The van der Waals surface area contributed by atoms with Gasteiger partial charge in [-0.15, -0.1) is 0 Å². The van der Waals surface area contributed by atoms with E-state index in [4.69, 9.17) is 5.73 Å². The van der Waals surface area contributed by atoms with E-state index in [0.29, 0.717) is 12.0 Å². The van der Waals surface area contributed by atoms with Crippen LogP contribution in [-0.4, -0.2) is 0 Å². The second-order valence-corrected chi connectivity index (χ2v) is 5.71. The molecule has 0 fully saturated rings. The van der Waals surface area contributed by atoms with Gasteiger partial charge in [-0.25, -0.2) is 4.39 Å². The Labute approximate surface area is 124 Å². The summed E-state index contributed by atoms with van der Waals surface area (Å²) in [4.78, 5) is 0. The largest absolute Gasteiger partial charge is 0.321 e. The average Bonchev–Trinajstić information content (AvgIpc) is 2.47. The highest BCUT2D eigenvalue weighted by molar-refractivity contribution is 5.85. The lowest BCUT2D eigenvalue weighted by molar-refractivity contribution is 0.458. The van der Waals surface area contributed by atoms with Crippen molar-refractivity contribution >= 4 is 10.8 Å². The van der Waals surface area contributed by atoms with E-state index in [2.05, 4.69) is 24.3 Å². The van der Waals surface area contributed by atoms with Crippen molar-refractivity contribution in [1.82, 2.24) is 0 Å². The number of fused-ring (bicyclic) bond motifs is 1. The molecule has 0 aliphatic heterocycles. The lowest BCUT2D eigenvalue weighted by Crippen LogP contribution is -2.36. The molecule has 3 aromatic rings. The molecule has 0 aliphatic carbocycles. The predicted octanol–water partition coefficient (Wildman–Crippen LogP) is 4.40. The van der Waals surface area contributed by atoms with Crippen LogP contribution in [0.25, 0.3) is 10.8 Å². The van der Waals surface area contributed by atoms with E-state index >= 15 is 0 Å². The zero-order valence-electron chi connectivity index (χ0n) is 12.0. The maximum Gasteiger partial charge on any atom is 0.128 e. The van der Waals surface area contributed by atoms with Gasteiger partial charge in [0.05, 0.1) is 0 Å². The highest BCUT2D eigenvalue weighted by Crippen LogP contribution is 2.28. The van der Waals surface area contributed by atoms with E-state index in [1.54, 1.807) is 12.1 Å². The van der Waals surface area contributed by atoms with Crippen LogP contribution in [-0.2, 0) is 12.0 Å². The predicted molar refractivity (Wildman–Crippen MR) is 85.6 cm³/mol. The molecular weight excluding hydrogens is 261 g/mol. The van der Waals surface area contributed by atoms with Gasteiger partial charge in [0.15, 0.2) is 0 Å². The van der Waals surface area contributed by atoms with Crippen LogP contribution in [0, 0.1) is 5.82 Å². The monoisotopic (exact) mass is 279 g/mol. The summed E-state index contributed by atoms with van der Waals surface area (Å²) < 4.78 is 14.0. The molecule has 0 radical (unpaired) electrons. The lowest BCUT2D eigenvalue weighted by atomic mass is 9.85. The van der Waals surface area contributed by atoms with Gasteiger partial charge in [0.1, 0.15) is 5.82 Å². The van der Waals surface area contributed by atoms with Crippen molar-refractivity contribution in [3.05, 3.63) is 83.7 Å². The molecule has 0 heterocycles. The molecule has 0 bridgehead atoms. The Hall–Kier alpha value is -2.19. The third kappa shape index (κ3) is 2.67. The number of halogens is 1. The fraction of sp³-hybridized carbons (Fsp3) is 0.158. The molecule has 1 unspecified atom stereocenters. The lowest BCUT2D eigenvalue weighted by Gasteiger charge is -2.26. The molecule has 1 nitrogen and oxygen atoms in total. The molecule has 2 N–H and O–H groups in total. The van der Waals surface area contributed by atoms with Gasteiger partial charge >= 0.3 is 0 Å². The summed E-state index contributed by atoms with van der Waals surface area (Å²) in [5.41, 5.74) is 7.38. The molecule has 106 valence electrons. The summed E-state index contributed by atoms with van der Waals surface area (Å²) >= 11 is 0. The van der Waals surface area contributed by atoms with Gasteiger partial charge in [-0.2, -0.15) is 0 Å². The van der Waals surface area contributed by atoms with Crippen LogP contribution < -0.4 is 5.73 Å². The number of hydrogen-bond acceptors (Lipinski definition) is 1. The van der Waals surface area contributed by atoms with Gasteiger partial charge in [-0.05, 0) is 35.7 Å². The van der Waals surface area contributed by atoms with E-state index in [0.717, 1.165) is 5.56 Å². The smallest absolute Gasteiger partial charge is 0.128 e. The number of rotatable bonds is 3. The molecule has 1 atom stereocenters. The van der Waals surface area contributed by atoms with Crippen LogP contribution >= 0.6 is 0 Å². The SMILES string of the molecule is CC(N)(Cc1cccc2ccccc12)c1ccccc1F. The normalized spacial score (nSPS) is 14.0. The molecule has 0 spiro atoms. The highest BCUT2D eigenvalue weighted by Gasteiger charge is 2.25. The quantitative estimate of drug-likeness (QED) is 0.755. The van der Waals surface area contributed by atoms with Crippen LogP contribution in [0.3, 0.4) is 0 Å². The van der Waals surface area contributed by atoms with Crippen LogP contribution in [0.15, 0.2) is 66.7 Å². The maximum absolute atomic E-state index is 14.0. The first-order chi connectivity index (χ1) is 10.1. The number of benzene rings is 3. The Morgan fingerprint density at radius 3 is 2.38 bits per heavy atom. The second kappa shape index (κ2) is 5.30. The molecule has 3 rings (SSSR count). The minimum atomic E-state index is -0.741. The molecule has 2 heteroatoms. The van der Waals surface area contributed by atoms with Crippen LogP contribution in [0.2, 0.25) is 0 Å². The minimum Gasteiger partial charge on any atom is -0.321 e. The van der Waals surface area contributed by atoms with Gasteiger partial charge in [-0.3, -0.25) is 0 Å². The van der Waals surface area contributed by atoms with Crippen molar-refractivity contribution in [3.63, 3.8) is 0 Å². The summed E-state index contributed by atoms with van der Waals surface area (Å²) in [7, 11) is 0. The molecule has 0 aliphatic rings. The third-order valence-electron chi connectivity index (χ3n) is 3.93. The van der Waals surface area contributed by atoms with Gasteiger partial charge in [-0.1, -0.05) is 60.7 Å². The van der Waals surface area contributed by atoms with E-state index < -0.39 is 5.54 Å². The van der Waals surface area contributed by atoms with Gasteiger partial charge in [0.25, 0.3) is 0 Å². The first kappa shape index (κ1) is 13.8. The summed E-state index contributed by atoms with van der Waals surface area (Å²) in [6.45, 7) is 1.88. The van der Waals surface area contributed by atoms with Crippen molar-refractivity contribution in [2.24, 2.45) is 5.73 Å². The average molecular weight is 279 g/mol. The Kier molecular flexibility index (Phi) is 3.48. The van der Waals surface area contributed by atoms with Crippen LogP contribution in [0.5, 0.6) is 0 Å². The van der Waals surface area contributed by atoms with Crippen molar-refractivity contribution in [2.75, 3.05) is 0 Å². The third-order valence-corrected chi connectivity index (χ3v) is 3.93. The zero-order valence-corrected chi connectivity index (χ0v) is 12.0. The van der Waals surface area contributed by atoms with Crippen molar-refractivity contribution in [1.29, 1.82) is 0 Å². The molecule has 0 aromatic heterocycles. The van der Waals surface area contributed by atoms with Crippen LogP contribution in [0.4, 0.5) is 4.39 Å². The Balaban J connectivity index is 2.04. The van der Waals surface area contributed by atoms with E-state index in [9.17, 15) is 4.39 Å². The highest BCUT2D eigenvalue weighted by atomic mass is 19.1. The first-order valence-electron chi connectivity index (χ1n) is 7.08. The van der Waals surface area contributed by atoms with Crippen LogP contribution in [0.1, 0.15) is 18.1 Å². The number of nitrogens with two attached hydrogens (primary N) is 1. The zero-order chi connectivity index (χ0) is 14.9. The summed E-state index contributed by atoms with van der Waals surface area (Å²) in [6.07, 6.45) is 0.593. The molecular formula is C19H18FN. The Morgan fingerprint density at radius 2 is 1.57 bits per heavy atom. The van der Waals surface area contributed by atoms with Crippen molar-refractivity contribution in [2.45, 2.75) is 18.9 Å². The second-order valence-electron chi connectivity index (χ2n) is 5.71. The van der Waals surface area contributed by atoms with Crippen molar-refractivity contribution < 1.29 is 4.39 Å². The van der Waals surface area contributed by atoms with E-state index in [1.165, 1.54) is 16.8 Å². The van der Waals surface area contributed by atoms with Gasteiger partial charge in [0, 0.05) is 11.1 Å². The fourth-order valence-electron chi connectivity index (χ4n) is 2.86. The molecule has 21 heavy (non-hydrogen) atoms. The molecule has 0 saturated heterocycles. The first-order valence-corrected chi connectivity index (χ1v) is 7.08. The molecule has 0 saturated carbocycles. The Morgan fingerprint density at radius 1 is 0.905 bits per heavy atom. The summed E-state index contributed by atoms with van der Waals surface area (Å²) in [5.74, 6) is -0.247. The van der Waals surface area contributed by atoms with Gasteiger partial charge in [0.2, 0.25) is 0 Å². The Bertz CT molecular complexity index is 772. The minimum absolute atomic E-state index is 0.247. The molecule has 3 aromatic carbocycles. The topological polar surface area (TPSA) is 26.0 Å².